The molecule has 0 aliphatic carbocycles. The fourth-order valence-corrected chi connectivity index (χ4v) is 1.56. The van der Waals surface area contributed by atoms with Gasteiger partial charge in [-0.2, -0.15) is 0 Å². The van der Waals surface area contributed by atoms with Gasteiger partial charge in [0.05, 0.1) is 0 Å². The molecule has 2 N–H and O–H groups in total. The minimum atomic E-state index is -0.381. The first-order valence-electron chi connectivity index (χ1n) is 4.07. The summed E-state index contributed by atoms with van der Waals surface area (Å²) >= 11 is 5.70. The highest BCUT2D eigenvalue weighted by molar-refractivity contribution is 6.30. The second kappa shape index (κ2) is 3.46. The number of benzene rings is 1. The van der Waals surface area contributed by atoms with Gasteiger partial charge in [0.2, 0.25) is 0 Å². The Morgan fingerprint density at radius 3 is 2.86 bits per heavy atom. The molecule has 0 radical (unpaired) electrons. The van der Waals surface area contributed by atoms with Gasteiger partial charge < -0.3 is 10.5 Å². The van der Waals surface area contributed by atoms with Gasteiger partial charge in [-0.25, -0.2) is 9.38 Å². The maximum absolute atomic E-state index is 13.0. The van der Waals surface area contributed by atoms with Gasteiger partial charge in [0.1, 0.15) is 18.5 Å². The van der Waals surface area contributed by atoms with E-state index in [1.54, 1.807) is 6.07 Å². The molecule has 1 heterocycles. The summed E-state index contributed by atoms with van der Waals surface area (Å²) in [6.07, 6.45) is 0. The Hall–Kier alpha value is -1.29. The quantitative estimate of drug-likeness (QED) is 0.776. The van der Waals surface area contributed by atoms with Crippen molar-refractivity contribution in [3.63, 3.8) is 0 Å². The van der Waals surface area contributed by atoms with Crippen LogP contribution >= 0.6 is 11.6 Å². The predicted molar refractivity (Wildman–Crippen MR) is 51.7 cm³/mol. The molecule has 74 valence electrons. The van der Waals surface area contributed by atoms with Crippen LogP contribution in [-0.4, -0.2) is 12.6 Å². The molecular weight excluding hydrogens is 207 g/mol. The van der Waals surface area contributed by atoms with Crippen LogP contribution in [-0.2, 0) is 4.74 Å². The summed E-state index contributed by atoms with van der Waals surface area (Å²) in [5, 5.41) is 0.348. The zero-order valence-corrected chi connectivity index (χ0v) is 7.96. The number of hydrogen-bond donors (Lipinski definition) is 1. The van der Waals surface area contributed by atoms with E-state index in [0.717, 1.165) is 0 Å². The monoisotopic (exact) mass is 214 g/mol. The molecule has 1 aromatic rings. The molecule has 0 amide bonds. The molecule has 0 bridgehead atoms. The largest absolute Gasteiger partial charge is 0.463 e. The van der Waals surface area contributed by atoms with Gasteiger partial charge in [-0.05, 0) is 23.8 Å². The van der Waals surface area contributed by atoms with Gasteiger partial charge in [0, 0.05) is 5.02 Å². The average Bonchev–Trinajstić information content (AvgIpc) is 2.50. The van der Waals surface area contributed by atoms with E-state index in [1.807, 2.05) is 0 Å². The molecule has 0 aromatic heterocycles. The second-order valence-electron chi connectivity index (χ2n) is 3.00. The van der Waals surface area contributed by atoms with Crippen LogP contribution in [0.2, 0.25) is 5.02 Å². The third kappa shape index (κ3) is 1.80. The Balaban J connectivity index is 2.32. The van der Waals surface area contributed by atoms with E-state index in [2.05, 4.69) is 4.99 Å². The lowest BCUT2D eigenvalue weighted by Gasteiger charge is -2.05. The molecule has 0 saturated carbocycles. The molecule has 0 fully saturated rings. The van der Waals surface area contributed by atoms with Crippen LogP contribution in [0, 0.1) is 5.82 Å². The lowest BCUT2D eigenvalue weighted by molar-refractivity contribution is 0.315. The van der Waals surface area contributed by atoms with E-state index in [0.29, 0.717) is 17.2 Å². The molecule has 5 heteroatoms. The summed E-state index contributed by atoms with van der Waals surface area (Å²) in [5.74, 6) is -0.381. The summed E-state index contributed by atoms with van der Waals surface area (Å²) in [6, 6.07) is 4.16. The first kappa shape index (κ1) is 9.27. The van der Waals surface area contributed by atoms with Gasteiger partial charge in [-0.1, -0.05) is 11.6 Å². The lowest BCUT2D eigenvalue weighted by Crippen LogP contribution is -2.10. The number of ether oxygens (including phenoxy) is 1. The van der Waals surface area contributed by atoms with Gasteiger partial charge in [-0.15, -0.1) is 0 Å². The zero-order valence-electron chi connectivity index (χ0n) is 7.21. The van der Waals surface area contributed by atoms with Crippen molar-refractivity contribution in [2.75, 3.05) is 6.61 Å². The molecular formula is C9H8ClFN2O. The first-order chi connectivity index (χ1) is 6.65. The van der Waals surface area contributed by atoms with Crippen LogP contribution in [0.15, 0.2) is 23.2 Å². The Bertz CT molecular complexity index is 374. The van der Waals surface area contributed by atoms with Crippen LogP contribution in [0.5, 0.6) is 0 Å². The van der Waals surface area contributed by atoms with E-state index < -0.39 is 0 Å². The molecule has 2 rings (SSSR count). The summed E-state index contributed by atoms with van der Waals surface area (Å²) in [7, 11) is 0. The summed E-state index contributed by atoms with van der Waals surface area (Å²) in [4.78, 5) is 3.99. The molecule has 1 aromatic carbocycles. The van der Waals surface area contributed by atoms with Crippen molar-refractivity contribution in [1.29, 1.82) is 0 Å². The number of nitrogens with zero attached hydrogens (tertiary/aromatic N) is 1. The molecule has 1 aliphatic heterocycles. The summed E-state index contributed by atoms with van der Waals surface area (Å²) in [5.41, 5.74) is 6.02. The van der Waals surface area contributed by atoms with E-state index in [-0.39, 0.29) is 17.9 Å². The summed E-state index contributed by atoms with van der Waals surface area (Å²) < 4.78 is 17.9. The highest BCUT2D eigenvalue weighted by atomic mass is 35.5. The van der Waals surface area contributed by atoms with Crippen molar-refractivity contribution in [3.05, 3.63) is 34.6 Å². The third-order valence-corrected chi connectivity index (χ3v) is 2.16. The van der Waals surface area contributed by atoms with Crippen LogP contribution in [0.25, 0.3) is 0 Å². The molecule has 0 unspecified atom stereocenters. The number of aliphatic imine (C=N–C) groups is 1. The normalized spacial score (nSPS) is 20.4. The molecule has 0 saturated heterocycles. The van der Waals surface area contributed by atoms with E-state index >= 15 is 0 Å². The molecule has 1 aliphatic rings. The summed E-state index contributed by atoms with van der Waals surface area (Å²) in [6.45, 7) is 0.339. The molecule has 0 spiro atoms. The van der Waals surface area contributed by atoms with Crippen molar-refractivity contribution in [2.45, 2.75) is 6.04 Å². The fourth-order valence-electron chi connectivity index (χ4n) is 1.33. The van der Waals surface area contributed by atoms with Crippen molar-refractivity contribution in [2.24, 2.45) is 10.7 Å². The minimum Gasteiger partial charge on any atom is -0.463 e. The van der Waals surface area contributed by atoms with Crippen LogP contribution < -0.4 is 5.73 Å². The van der Waals surface area contributed by atoms with Gasteiger partial charge in [0.25, 0.3) is 6.02 Å². The van der Waals surface area contributed by atoms with Crippen molar-refractivity contribution >= 4 is 17.6 Å². The molecule has 1 atom stereocenters. The number of hydrogen-bond acceptors (Lipinski definition) is 3. The van der Waals surface area contributed by atoms with E-state index in [4.69, 9.17) is 22.1 Å². The zero-order chi connectivity index (χ0) is 10.1. The molecule has 14 heavy (non-hydrogen) atoms. The third-order valence-electron chi connectivity index (χ3n) is 1.94. The average molecular weight is 215 g/mol. The van der Waals surface area contributed by atoms with Crippen molar-refractivity contribution in [3.8, 4) is 0 Å². The maximum atomic E-state index is 13.0. The Kier molecular flexibility index (Phi) is 2.29. The fraction of sp³-hybridized carbons (Fsp3) is 0.222. The van der Waals surface area contributed by atoms with Crippen LogP contribution in [0.1, 0.15) is 11.6 Å². The number of rotatable bonds is 1. The van der Waals surface area contributed by atoms with Crippen molar-refractivity contribution in [1.82, 2.24) is 0 Å². The van der Waals surface area contributed by atoms with Crippen LogP contribution in [0.3, 0.4) is 0 Å². The SMILES string of the molecule is NC1=N[C@@H](c2cc(F)cc(Cl)c2)CO1. The Morgan fingerprint density at radius 2 is 2.29 bits per heavy atom. The predicted octanol–water partition coefficient (Wildman–Crippen LogP) is 1.87. The number of nitrogens with two attached hydrogens (primary N) is 1. The maximum Gasteiger partial charge on any atom is 0.282 e. The number of amidine groups is 1. The van der Waals surface area contributed by atoms with Gasteiger partial charge >= 0.3 is 0 Å². The van der Waals surface area contributed by atoms with Crippen LogP contribution in [0.4, 0.5) is 4.39 Å². The topological polar surface area (TPSA) is 47.6 Å². The van der Waals surface area contributed by atoms with Gasteiger partial charge in [-0.3, -0.25) is 0 Å². The van der Waals surface area contributed by atoms with Crippen molar-refractivity contribution < 1.29 is 9.13 Å². The Morgan fingerprint density at radius 1 is 1.50 bits per heavy atom. The van der Waals surface area contributed by atoms with E-state index in [1.165, 1.54) is 12.1 Å². The smallest absolute Gasteiger partial charge is 0.282 e. The highest BCUT2D eigenvalue weighted by Crippen LogP contribution is 2.25. The van der Waals surface area contributed by atoms with E-state index in [9.17, 15) is 4.39 Å². The second-order valence-corrected chi connectivity index (χ2v) is 3.43. The standard InChI is InChI=1S/C9H8ClFN2O/c10-6-1-5(2-7(11)3-6)8-4-14-9(12)13-8/h1-3,8H,4H2,(H2,12,13)/t8-/m1/s1. The minimum absolute atomic E-state index is 0.135. The Labute approximate surface area is 85.3 Å². The van der Waals surface area contributed by atoms with Gasteiger partial charge in [0.15, 0.2) is 0 Å². The first-order valence-corrected chi connectivity index (χ1v) is 4.45. The number of halogens is 2. The highest BCUT2D eigenvalue weighted by Gasteiger charge is 2.19. The lowest BCUT2D eigenvalue weighted by atomic mass is 10.1. The molecule has 3 nitrogen and oxygen atoms in total.